The largest absolute Gasteiger partial charge is 0.357 e. The van der Waals surface area contributed by atoms with Gasteiger partial charge in [-0.1, -0.05) is 26.0 Å². The molecule has 0 amide bonds. The van der Waals surface area contributed by atoms with Gasteiger partial charge in [-0.25, -0.2) is 14.4 Å². The van der Waals surface area contributed by atoms with Gasteiger partial charge < -0.3 is 15.2 Å². The van der Waals surface area contributed by atoms with Gasteiger partial charge in [0.2, 0.25) is 0 Å². The molecule has 0 atom stereocenters. The molecule has 2 aromatic rings. The number of imidazole rings is 1. The quantitative estimate of drug-likeness (QED) is 0.598. The van der Waals surface area contributed by atoms with Gasteiger partial charge in [0.15, 0.2) is 5.96 Å². The van der Waals surface area contributed by atoms with Crippen LogP contribution in [0.2, 0.25) is 0 Å². The van der Waals surface area contributed by atoms with Crippen LogP contribution in [0.25, 0.3) is 0 Å². The molecule has 1 aromatic heterocycles. The average Bonchev–Trinajstić information content (AvgIpc) is 2.99. The molecular weight excluding hydrogens is 317 g/mol. The number of benzene rings is 1. The summed E-state index contributed by atoms with van der Waals surface area (Å²) in [6.45, 7) is 10.9. The van der Waals surface area contributed by atoms with Crippen LogP contribution >= 0.6 is 0 Å². The first kappa shape index (κ1) is 19.0. The van der Waals surface area contributed by atoms with Crippen LogP contribution in [0.1, 0.15) is 37.7 Å². The molecule has 0 aliphatic heterocycles. The fourth-order valence-electron chi connectivity index (χ4n) is 2.48. The Morgan fingerprint density at radius 1 is 1.32 bits per heavy atom. The molecule has 0 aliphatic rings. The zero-order valence-electron chi connectivity index (χ0n) is 15.5. The zero-order chi connectivity index (χ0) is 18.2. The third-order valence-corrected chi connectivity index (χ3v) is 3.78. The summed E-state index contributed by atoms with van der Waals surface area (Å²) < 4.78 is 15.8. The van der Waals surface area contributed by atoms with E-state index >= 15 is 0 Å². The van der Waals surface area contributed by atoms with E-state index in [0.717, 1.165) is 24.5 Å². The van der Waals surface area contributed by atoms with Gasteiger partial charge in [-0.05, 0) is 37.0 Å². The molecule has 0 saturated carbocycles. The van der Waals surface area contributed by atoms with Crippen molar-refractivity contribution in [1.29, 1.82) is 0 Å². The summed E-state index contributed by atoms with van der Waals surface area (Å²) in [7, 11) is 0. The number of guanidine groups is 1. The summed E-state index contributed by atoms with van der Waals surface area (Å²) in [6, 6.07) is 5.22. The molecule has 0 unspecified atom stereocenters. The molecule has 1 heterocycles. The Labute approximate surface area is 149 Å². The van der Waals surface area contributed by atoms with Crippen LogP contribution in [0.5, 0.6) is 0 Å². The van der Waals surface area contributed by atoms with Gasteiger partial charge in [-0.3, -0.25) is 0 Å². The highest BCUT2D eigenvalue weighted by atomic mass is 19.1. The van der Waals surface area contributed by atoms with Crippen molar-refractivity contribution in [2.75, 3.05) is 6.54 Å². The highest BCUT2D eigenvalue weighted by Gasteiger charge is 2.06. The Kier molecular flexibility index (Phi) is 6.98. The van der Waals surface area contributed by atoms with Crippen LogP contribution in [0.15, 0.2) is 35.6 Å². The van der Waals surface area contributed by atoms with Crippen LogP contribution in [0.4, 0.5) is 4.39 Å². The van der Waals surface area contributed by atoms with Crippen LogP contribution in [-0.2, 0) is 19.6 Å². The molecule has 2 N–H and O–H groups in total. The van der Waals surface area contributed by atoms with Crippen molar-refractivity contribution >= 4 is 5.96 Å². The lowest BCUT2D eigenvalue weighted by Gasteiger charge is -2.14. The maximum Gasteiger partial charge on any atom is 0.191 e. The van der Waals surface area contributed by atoms with Crippen molar-refractivity contribution < 1.29 is 4.39 Å². The van der Waals surface area contributed by atoms with Crippen LogP contribution in [0, 0.1) is 18.7 Å². The molecule has 0 fully saturated rings. The molecule has 5 nitrogen and oxygen atoms in total. The van der Waals surface area contributed by atoms with E-state index in [-0.39, 0.29) is 5.82 Å². The predicted molar refractivity (Wildman–Crippen MR) is 99.9 cm³/mol. The maximum atomic E-state index is 13.6. The summed E-state index contributed by atoms with van der Waals surface area (Å²) in [5, 5.41) is 6.50. The molecule has 0 saturated heterocycles. The maximum absolute atomic E-state index is 13.6. The summed E-state index contributed by atoms with van der Waals surface area (Å²) in [4.78, 5) is 8.94. The number of aryl methyl sites for hydroxylation is 1. The molecule has 0 radical (unpaired) electrons. The first-order chi connectivity index (χ1) is 12.0. The predicted octanol–water partition coefficient (Wildman–Crippen LogP) is 3.24. The highest BCUT2D eigenvalue weighted by Crippen LogP contribution is 2.10. The highest BCUT2D eigenvalue weighted by molar-refractivity contribution is 5.79. The Morgan fingerprint density at radius 3 is 2.80 bits per heavy atom. The molecule has 136 valence electrons. The number of hydrogen-bond acceptors (Lipinski definition) is 2. The van der Waals surface area contributed by atoms with Gasteiger partial charge in [-0.2, -0.15) is 0 Å². The van der Waals surface area contributed by atoms with Crippen molar-refractivity contribution in [2.45, 2.75) is 47.3 Å². The van der Waals surface area contributed by atoms with Crippen molar-refractivity contribution in [2.24, 2.45) is 10.9 Å². The van der Waals surface area contributed by atoms with Gasteiger partial charge in [0.1, 0.15) is 11.6 Å². The fourth-order valence-corrected chi connectivity index (χ4v) is 2.48. The van der Waals surface area contributed by atoms with Crippen LogP contribution < -0.4 is 10.6 Å². The second-order valence-corrected chi connectivity index (χ2v) is 6.52. The van der Waals surface area contributed by atoms with Crippen molar-refractivity contribution in [3.63, 3.8) is 0 Å². The monoisotopic (exact) mass is 345 g/mol. The van der Waals surface area contributed by atoms with Gasteiger partial charge in [0, 0.05) is 25.5 Å². The van der Waals surface area contributed by atoms with Crippen molar-refractivity contribution in [3.05, 3.63) is 53.4 Å². The van der Waals surface area contributed by atoms with Crippen molar-refractivity contribution in [3.8, 4) is 0 Å². The molecule has 1 aromatic carbocycles. The number of halogens is 1. The van der Waals surface area contributed by atoms with Gasteiger partial charge in [-0.15, -0.1) is 0 Å². The molecule has 0 bridgehead atoms. The van der Waals surface area contributed by atoms with E-state index in [0.29, 0.717) is 30.5 Å². The summed E-state index contributed by atoms with van der Waals surface area (Å²) in [6.07, 6.45) is 3.81. The standard InChI is InChI=1S/C19H28FN5/c1-5-21-19(23-11-16-7-6-15(4)17(20)10-16)24-12-18-22-8-9-25(18)13-14(2)3/h6-10,14H,5,11-13H2,1-4H3,(H2,21,23,24). The number of hydrogen-bond donors (Lipinski definition) is 2. The van der Waals surface area contributed by atoms with Gasteiger partial charge >= 0.3 is 0 Å². The second-order valence-electron chi connectivity index (χ2n) is 6.52. The molecular formula is C19H28FN5. The van der Waals surface area contributed by atoms with E-state index in [4.69, 9.17) is 0 Å². The first-order valence-corrected chi connectivity index (χ1v) is 8.76. The minimum atomic E-state index is -0.193. The van der Waals surface area contributed by atoms with Crippen LogP contribution in [-0.4, -0.2) is 22.1 Å². The minimum absolute atomic E-state index is 0.193. The van der Waals surface area contributed by atoms with E-state index in [9.17, 15) is 4.39 Å². The first-order valence-electron chi connectivity index (χ1n) is 8.76. The number of aliphatic imine (C=N–C) groups is 1. The molecule has 6 heteroatoms. The van der Waals surface area contributed by atoms with E-state index in [1.54, 1.807) is 13.0 Å². The number of rotatable bonds is 7. The lowest BCUT2D eigenvalue weighted by atomic mass is 10.1. The third-order valence-electron chi connectivity index (χ3n) is 3.78. The number of aromatic nitrogens is 2. The molecule has 2 rings (SSSR count). The molecule has 25 heavy (non-hydrogen) atoms. The smallest absolute Gasteiger partial charge is 0.191 e. The van der Waals surface area contributed by atoms with Crippen LogP contribution in [0.3, 0.4) is 0 Å². The second kappa shape index (κ2) is 9.20. The molecule has 0 aliphatic carbocycles. The summed E-state index contributed by atoms with van der Waals surface area (Å²) in [5.74, 6) is 2.04. The third kappa shape index (κ3) is 5.89. The lowest BCUT2D eigenvalue weighted by Crippen LogP contribution is -2.37. The number of nitrogens with one attached hydrogen (secondary N) is 2. The topological polar surface area (TPSA) is 54.2 Å². The van der Waals surface area contributed by atoms with Gasteiger partial charge in [0.25, 0.3) is 0 Å². The Hall–Kier alpha value is -2.37. The summed E-state index contributed by atoms with van der Waals surface area (Å²) in [5.41, 5.74) is 1.50. The lowest BCUT2D eigenvalue weighted by molar-refractivity contribution is 0.503. The average molecular weight is 345 g/mol. The normalized spacial score (nSPS) is 11.8. The number of nitrogens with zero attached hydrogens (tertiary/aromatic N) is 3. The van der Waals surface area contributed by atoms with Crippen molar-refractivity contribution in [1.82, 2.24) is 20.2 Å². The van der Waals surface area contributed by atoms with E-state index < -0.39 is 0 Å². The fraction of sp³-hybridized carbons (Fsp3) is 0.474. The Bertz CT molecular complexity index is 706. The minimum Gasteiger partial charge on any atom is -0.357 e. The van der Waals surface area contributed by atoms with Gasteiger partial charge in [0.05, 0.1) is 13.1 Å². The van der Waals surface area contributed by atoms with E-state index in [2.05, 4.69) is 39.0 Å². The molecule has 0 spiro atoms. The zero-order valence-corrected chi connectivity index (χ0v) is 15.5. The SMILES string of the molecule is CCNC(=NCc1ccc(C)c(F)c1)NCc1nccn1CC(C)C. The Balaban J connectivity index is 2.00. The van der Waals surface area contributed by atoms with E-state index in [1.807, 2.05) is 25.4 Å². The Morgan fingerprint density at radius 2 is 2.12 bits per heavy atom. The van der Waals surface area contributed by atoms with E-state index in [1.165, 1.54) is 6.07 Å². The summed E-state index contributed by atoms with van der Waals surface area (Å²) >= 11 is 0.